The second kappa shape index (κ2) is 2.33. The van der Waals surface area contributed by atoms with Crippen molar-refractivity contribution in [1.82, 2.24) is 4.98 Å². The van der Waals surface area contributed by atoms with Crippen molar-refractivity contribution in [3.8, 4) is 0 Å². The molecule has 1 unspecified atom stereocenters. The third-order valence-corrected chi connectivity index (χ3v) is 2.02. The Morgan fingerprint density at radius 1 is 1.89 bits per heavy atom. The van der Waals surface area contributed by atoms with Crippen LogP contribution in [0.2, 0.25) is 0 Å². The highest BCUT2D eigenvalue weighted by Gasteiger charge is 2.00. The van der Waals surface area contributed by atoms with Crippen LogP contribution in [-0.2, 0) is 0 Å². The number of nitrogens with two attached hydrogens (primary N) is 1. The van der Waals surface area contributed by atoms with Gasteiger partial charge in [-0.25, -0.2) is 0 Å². The van der Waals surface area contributed by atoms with E-state index in [-0.39, 0.29) is 10.9 Å². The number of thiazole rings is 1. The van der Waals surface area contributed by atoms with E-state index in [1.807, 2.05) is 6.92 Å². The minimum absolute atomic E-state index is 0.0334. The lowest BCUT2D eigenvalue weighted by Gasteiger charge is -1.95. The van der Waals surface area contributed by atoms with Crippen molar-refractivity contribution < 1.29 is 0 Å². The first-order valence-corrected chi connectivity index (χ1v) is 3.46. The van der Waals surface area contributed by atoms with Crippen molar-refractivity contribution in [2.45, 2.75) is 13.0 Å². The smallest absolute Gasteiger partial charge is 0.304 e. The summed E-state index contributed by atoms with van der Waals surface area (Å²) >= 11 is 1.16. The van der Waals surface area contributed by atoms with Gasteiger partial charge in [0.2, 0.25) is 0 Å². The molecule has 1 aromatic heterocycles. The molecule has 0 saturated carbocycles. The van der Waals surface area contributed by atoms with Gasteiger partial charge in [0.15, 0.2) is 0 Å². The fourth-order valence-corrected chi connectivity index (χ4v) is 1.16. The maximum atomic E-state index is 10.5. The van der Waals surface area contributed by atoms with E-state index in [1.54, 1.807) is 6.20 Å². The summed E-state index contributed by atoms with van der Waals surface area (Å²) in [6.07, 6.45) is 1.65. The Morgan fingerprint density at radius 2 is 2.56 bits per heavy atom. The number of H-pyrrole nitrogens is 1. The molecule has 3 N–H and O–H groups in total. The van der Waals surface area contributed by atoms with E-state index in [0.29, 0.717) is 0 Å². The third kappa shape index (κ3) is 1.40. The van der Waals surface area contributed by atoms with Crippen LogP contribution in [0.4, 0.5) is 0 Å². The molecule has 0 aliphatic heterocycles. The highest BCUT2D eigenvalue weighted by molar-refractivity contribution is 7.09. The minimum Gasteiger partial charge on any atom is -0.323 e. The first-order valence-electron chi connectivity index (χ1n) is 2.64. The number of aromatic nitrogens is 1. The zero-order chi connectivity index (χ0) is 6.85. The molecule has 1 heterocycles. The van der Waals surface area contributed by atoms with Crippen molar-refractivity contribution in [1.29, 1.82) is 0 Å². The lowest BCUT2D eigenvalue weighted by atomic mass is 10.3. The fourth-order valence-electron chi connectivity index (χ4n) is 0.520. The summed E-state index contributed by atoms with van der Waals surface area (Å²) in [4.78, 5) is 13.9. The monoisotopic (exact) mass is 144 g/mol. The zero-order valence-electron chi connectivity index (χ0n) is 5.05. The Labute approximate surface area is 56.5 Å². The van der Waals surface area contributed by atoms with Gasteiger partial charge in [-0.15, -0.1) is 0 Å². The van der Waals surface area contributed by atoms with Crippen molar-refractivity contribution >= 4 is 11.3 Å². The van der Waals surface area contributed by atoms with Gasteiger partial charge in [0, 0.05) is 17.1 Å². The van der Waals surface area contributed by atoms with Gasteiger partial charge >= 0.3 is 4.87 Å². The molecule has 4 heteroatoms. The molecule has 0 bridgehead atoms. The predicted molar refractivity (Wildman–Crippen MR) is 37.5 cm³/mol. The predicted octanol–water partition coefficient (Wildman–Crippen LogP) is 0.456. The largest absolute Gasteiger partial charge is 0.323 e. The molecule has 1 aromatic rings. The molecule has 1 rings (SSSR count). The summed E-state index contributed by atoms with van der Waals surface area (Å²) in [7, 11) is 0. The van der Waals surface area contributed by atoms with Crippen LogP contribution in [0, 0.1) is 0 Å². The minimum atomic E-state index is -0.0395. The first kappa shape index (κ1) is 6.51. The lowest BCUT2D eigenvalue weighted by Crippen LogP contribution is -2.01. The molecule has 0 aliphatic carbocycles. The van der Waals surface area contributed by atoms with Gasteiger partial charge in [-0.05, 0) is 6.92 Å². The normalized spacial score (nSPS) is 13.6. The van der Waals surface area contributed by atoms with E-state index in [1.165, 1.54) is 0 Å². The molecule has 0 saturated heterocycles. The van der Waals surface area contributed by atoms with Crippen LogP contribution in [0.1, 0.15) is 17.8 Å². The van der Waals surface area contributed by atoms with E-state index in [4.69, 9.17) is 5.73 Å². The molecule has 0 aromatic carbocycles. The Morgan fingerprint density at radius 3 is 2.78 bits per heavy atom. The standard InChI is InChI=1S/C5H8N2OS/c1-3(6)4-2-7-5(8)9-4/h2-3H,6H2,1H3,(H,7,8). The summed E-state index contributed by atoms with van der Waals surface area (Å²) < 4.78 is 0. The molecular weight excluding hydrogens is 136 g/mol. The number of aromatic amines is 1. The molecule has 1 atom stereocenters. The highest BCUT2D eigenvalue weighted by atomic mass is 32.1. The van der Waals surface area contributed by atoms with E-state index in [9.17, 15) is 4.79 Å². The molecule has 0 fully saturated rings. The Bertz CT molecular complexity index is 237. The Kier molecular flexibility index (Phi) is 1.68. The van der Waals surface area contributed by atoms with Crippen LogP contribution in [-0.4, -0.2) is 4.98 Å². The van der Waals surface area contributed by atoms with Crippen LogP contribution in [0.3, 0.4) is 0 Å². The van der Waals surface area contributed by atoms with E-state index >= 15 is 0 Å². The molecular formula is C5H8N2OS. The van der Waals surface area contributed by atoms with Crippen LogP contribution in [0.5, 0.6) is 0 Å². The van der Waals surface area contributed by atoms with E-state index in [2.05, 4.69) is 4.98 Å². The number of hydrogen-bond acceptors (Lipinski definition) is 3. The van der Waals surface area contributed by atoms with Gasteiger partial charge in [0.05, 0.1) is 0 Å². The fraction of sp³-hybridized carbons (Fsp3) is 0.400. The van der Waals surface area contributed by atoms with Crippen molar-refractivity contribution in [3.63, 3.8) is 0 Å². The van der Waals surface area contributed by atoms with Gasteiger partial charge in [0.1, 0.15) is 0 Å². The molecule has 0 spiro atoms. The van der Waals surface area contributed by atoms with Gasteiger partial charge < -0.3 is 10.7 Å². The maximum absolute atomic E-state index is 10.5. The number of rotatable bonds is 1. The van der Waals surface area contributed by atoms with E-state index in [0.717, 1.165) is 16.2 Å². The highest BCUT2D eigenvalue weighted by Crippen LogP contribution is 2.08. The van der Waals surface area contributed by atoms with Gasteiger partial charge in [-0.1, -0.05) is 11.3 Å². The molecule has 0 radical (unpaired) electrons. The van der Waals surface area contributed by atoms with Gasteiger partial charge in [0.25, 0.3) is 0 Å². The lowest BCUT2D eigenvalue weighted by molar-refractivity contribution is 0.835. The maximum Gasteiger partial charge on any atom is 0.304 e. The quantitative estimate of drug-likeness (QED) is 0.601. The van der Waals surface area contributed by atoms with Crippen LogP contribution < -0.4 is 10.6 Å². The van der Waals surface area contributed by atoms with Gasteiger partial charge in [-0.2, -0.15) is 0 Å². The molecule has 0 amide bonds. The topological polar surface area (TPSA) is 58.9 Å². The van der Waals surface area contributed by atoms with E-state index < -0.39 is 0 Å². The summed E-state index contributed by atoms with van der Waals surface area (Å²) in [6, 6.07) is -0.0334. The first-order chi connectivity index (χ1) is 4.20. The Balaban J connectivity index is 2.98. The summed E-state index contributed by atoms with van der Waals surface area (Å²) in [5.41, 5.74) is 5.48. The summed E-state index contributed by atoms with van der Waals surface area (Å²) in [6.45, 7) is 1.85. The zero-order valence-corrected chi connectivity index (χ0v) is 5.87. The van der Waals surface area contributed by atoms with Gasteiger partial charge in [-0.3, -0.25) is 4.79 Å². The Hall–Kier alpha value is -0.610. The second-order valence-corrected chi connectivity index (χ2v) is 2.92. The van der Waals surface area contributed by atoms with Crippen molar-refractivity contribution in [2.24, 2.45) is 5.73 Å². The molecule has 3 nitrogen and oxygen atoms in total. The van der Waals surface area contributed by atoms with Crippen LogP contribution >= 0.6 is 11.3 Å². The third-order valence-electron chi connectivity index (χ3n) is 0.992. The average Bonchev–Trinajstić information content (AvgIpc) is 2.14. The second-order valence-electron chi connectivity index (χ2n) is 1.87. The molecule has 9 heavy (non-hydrogen) atoms. The number of hydrogen-bond donors (Lipinski definition) is 2. The van der Waals surface area contributed by atoms with Crippen molar-refractivity contribution in [2.75, 3.05) is 0 Å². The average molecular weight is 144 g/mol. The van der Waals surface area contributed by atoms with Crippen LogP contribution in [0.15, 0.2) is 11.0 Å². The number of nitrogens with one attached hydrogen (secondary N) is 1. The molecule has 0 aliphatic rings. The van der Waals surface area contributed by atoms with Crippen LogP contribution in [0.25, 0.3) is 0 Å². The molecule has 50 valence electrons. The summed E-state index contributed by atoms with van der Waals surface area (Å²) in [5.74, 6) is 0. The SMILES string of the molecule is CC(N)c1c[nH]c(=O)s1. The summed E-state index contributed by atoms with van der Waals surface area (Å²) in [5, 5.41) is 0. The van der Waals surface area contributed by atoms with Crippen molar-refractivity contribution in [3.05, 3.63) is 20.7 Å².